The molecule has 4 rings (SSSR count). The molecule has 5 heteroatoms. The zero-order chi connectivity index (χ0) is 20.2. The summed E-state index contributed by atoms with van der Waals surface area (Å²) in [4.78, 5) is 12.2. The summed E-state index contributed by atoms with van der Waals surface area (Å²) in [5.74, 6) is -0.117. The summed E-state index contributed by atoms with van der Waals surface area (Å²) in [5.41, 5.74) is 4.41. The number of benzene rings is 3. The first-order valence-electron chi connectivity index (χ1n) is 8.99. The summed E-state index contributed by atoms with van der Waals surface area (Å²) >= 11 is 5.20. The molecule has 0 aliphatic heterocycles. The van der Waals surface area contributed by atoms with E-state index < -0.39 is 5.97 Å². The van der Waals surface area contributed by atoms with Gasteiger partial charge in [-0.3, -0.25) is 0 Å². The van der Waals surface area contributed by atoms with Crippen LogP contribution < -0.4 is 4.74 Å². The Kier molecular flexibility index (Phi) is 5.79. The average molecular weight is 465 g/mol. The number of halogens is 1. The number of ether oxygens (including phenoxy) is 1. The topological polar surface area (TPSA) is 46.5 Å². The largest absolute Gasteiger partial charge is 0.488 e. The molecule has 0 bridgehead atoms. The molecule has 1 N–H and O–H groups in total. The Morgan fingerprint density at radius 3 is 2.41 bits per heavy atom. The van der Waals surface area contributed by atoms with E-state index in [1.165, 1.54) is 0 Å². The highest BCUT2D eigenvalue weighted by atomic mass is 79.9. The Balaban J connectivity index is 1.69. The van der Waals surface area contributed by atoms with Crippen LogP contribution in [-0.2, 0) is 6.61 Å². The van der Waals surface area contributed by atoms with Crippen LogP contribution in [0.15, 0.2) is 88.7 Å². The van der Waals surface area contributed by atoms with Crippen LogP contribution in [0.25, 0.3) is 21.6 Å². The molecule has 0 saturated carbocycles. The molecule has 3 aromatic carbocycles. The Labute approximate surface area is 181 Å². The lowest BCUT2D eigenvalue weighted by atomic mass is 10.0. The Morgan fingerprint density at radius 1 is 0.931 bits per heavy atom. The molecule has 1 heterocycles. The lowest BCUT2D eigenvalue weighted by Gasteiger charge is -2.13. The summed E-state index contributed by atoms with van der Waals surface area (Å²) in [6, 6.07) is 25.1. The molecule has 0 spiro atoms. The van der Waals surface area contributed by atoms with Gasteiger partial charge in [0.1, 0.15) is 12.4 Å². The number of hydrogen-bond donors (Lipinski definition) is 1. The van der Waals surface area contributed by atoms with Crippen LogP contribution in [0.5, 0.6) is 5.75 Å². The highest BCUT2D eigenvalue weighted by Gasteiger charge is 2.15. The Bertz CT molecular complexity index is 1130. The van der Waals surface area contributed by atoms with Crippen LogP contribution in [0, 0.1) is 0 Å². The molecule has 0 fully saturated rings. The molecule has 0 amide bonds. The summed E-state index contributed by atoms with van der Waals surface area (Å²) in [5, 5.41) is 11.2. The second-order valence-corrected chi connectivity index (χ2v) is 8.29. The SMILES string of the molecule is O=C(O)c1ccc(-c2ccsc2-c2cc(Br)ccc2OCc2ccccc2)cc1. The summed E-state index contributed by atoms with van der Waals surface area (Å²) in [7, 11) is 0. The van der Waals surface area contributed by atoms with Crippen molar-refractivity contribution in [3.63, 3.8) is 0 Å². The van der Waals surface area contributed by atoms with E-state index in [2.05, 4.69) is 28.1 Å². The first-order chi connectivity index (χ1) is 14.1. The lowest BCUT2D eigenvalue weighted by molar-refractivity contribution is 0.0697. The first kappa shape index (κ1) is 19.4. The minimum absolute atomic E-state index is 0.278. The van der Waals surface area contributed by atoms with Crippen molar-refractivity contribution in [2.45, 2.75) is 6.61 Å². The van der Waals surface area contributed by atoms with E-state index in [0.29, 0.717) is 6.61 Å². The highest BCUT2D eigenvalue weighted by molar-refractivity contribution is 9.10. The summed E-state index contributed by atoms with van der Waals surface area (Å²) < 4.78 is 7.12. The van der Waals surface area contributed by atoms with Crippen LogP contribution in [0.3, 0.4) is 0 Å². The van der Waals surface area contributed by atoms with Crippen LogP contribution in [0.4, 0.5) is 0 Å². The molecule has 0 atom stereocenters. The predicted molar refractivity (Wildman–Crippen MR) is 121 cm³/mol. The summed E-state index contributed by atoms with van der Waals surface area (Å²) in [6.45, 7) is 0.490. The van der Waals surface area contributed by atoms with E-state index in [-0.39, 0.29) is 5.56 Å². The number of carboxylic acids is 1. The van der Waals surface area contributed by atoms with Gasteiger partial charge in [-0.25, -0.2) is 4.79 Å². The molecule has 0 radical (unpaired) electrons. The zero-order valence-corrected chi connectivity index (χ0v) is 17.7. The molecule has 0 saturated heterocycles. The summed E-state index contributed by atoms with van der Waals surface area (Å²) in [6.07, 6.45) is 0. The van der Waals surface area contributed by atoms with E-state index in [9.17, 15) is 4.79 Å². The van der Waals surface area contributed by atoms with Crippen molar-refractivity contribution in [1.29, 1.82) is 0 Å². The van der Waals surface area contributed by atoms with Crippen molar-refractivity contribution < 1.29 is 14.6 Å². The van der Waals surface area contributed by atoms with Gasteiger partial charge < -0.3 is 9.84 Å². The molecule has 4 aromatic rings. The van der Waals surface area contributed by atoms with Crippen LogP contribution >= 0.6 is 27.3 Å². The molecule has 144 valence electrons. The molecule has 3 nitrogen and oxygen atoms in total. The molecule has 0 aliphatic rings. The van der Waals surface area contributed by atoms with Gasteiger partial charge in [0.2, 0.25) is 0 Å². The third-order valence-electron chi connectivity index (χ3n) is 4.53. The van der Waals surface area contributed by atoms with Crippen molar-refractivity contribution in [1.82, 2.24) is 0 Å². The van der Waals surface area contributed by atoms with Gasteiger partial charge in [-0.15, -0.1) is 11.3 Å². The highest BCUT2D eigenvalue weighted by Crippen LogP contribution is 2.42. The fourth-order valence-corrected chi connectivity index (χ4v) is 4.38. The van der Waals surface area contributed by atoms with Gasteiger partial charge in [-0.05, 0) is 52.9 Å². The second kappa shape index (κ2) is 8.64. The predicted octanol–water partition coefficient (Wildman–Crippen LogP) is 7.12. The van der Waals surface area contributed by atoms with Gasteiger partial charge in [0.15, 0.2) is 0 Å². The molecule has 0 unspecified atom stereocenters. The van der Waals surface area contributed by atoms with E-state index in [0.717, 1.165) is 37.4 Å². The average Bonchev–Trinajstić information content (AvgIpc) is 3.23. The van der Waals surface area contributed by atoms with Crippen LogP contribution in [0.1, 0.15) is 15.9 Å². The number of carbonyl (C=O) groups is 1. The van der Waals surface area contributed by atoms with E-state index >= 15 is 0 Å². The van der Waals surface area contributed by atoms with Gasteiger partial charge in [0.25, 0.3) is 0 Å². The fraction of sp³-hybridized carbons (Fsp3) is 0.0417. The molecule has 29 heavy (non-hydrogen) atoms. The fourth-order valence-electron chi connectivity index (χ4n) is 3.08. The maximum atomic E-state index is 11.1. The van der Waals surface area contributed by atoms with E-state index in [1.807, 2.05) is 60.0 Å². The minimum atomic E-state index is -0.925. The third kappa shape index (κ3) is 4.42. The van der Waals surface area contributed by atoms with Gasteiger partial charge in [-0.1, -0.05) is 58.4 Å². The van der Waals surface area contributed by atoms with Gasteiger partial charge >= 0.3 is 5.97 Å². The maximum Gasteiger partial charge on any atom is 0.335 e. The second-order valence-electron chi connectivity index (χ2n) is 6.46. The Morgan fingerprint density at radius 2 is 1.69 bits per heavy atom. The molecular weight excluding hydrogens is 448 g/mol. The zero-order valence-electron chi connectivity index (χ0n) is 15.3. The van der Waals surface area contributed by atoms with Crippen molar-refractivity contribution in [2.24, 2.45) is 0 Å². The number of hydrogen-bond acceptors (Lipinski definition) is 3. The van der Waals surface area contributed by atoms with Crippen molar-refractivity contribution in [2.75, 3.05) is 0 Å². The third-order valence-corrected chi connectivity index (χ3v) is 5.97. The van der Waals surface area contributed by atoms with Crippen LogP contribution in [-0.4, -0.2) is 11.1 Å². The standard InChI is InChI=1S/C24H17BrO3S/c25-19-10-11-22(28-15-16-4-2-1-3-5-16)21(14-19)23-20(12-13-29-23)17-6-8-18(9-7-17)24(26)27/h1-14H,15H2,(H,26,27). The van der Waals surface area contributed by atoms with Gasteiger partial charge in [0.05, 0.1) is 5.56 Å². The number of aromatic carboxylic acids is 1. The minimum Gasteiger partial charge on any atom is -0.488 e. The molecule has 1 aromatic heterocycles. The smallest absolute Gasteiger partial charge is 0.335 e. The normalized spacial score (nSPS) is 10.7. The van der Waals surface area contributed by atoms with Crippen molar-refractivity contribution in [3.8, 4) is 27.3 Å². The number of carboxylic acid groups (broad SMARTS) is 1. The monoisotopic (exact) mass is 464 g/mol. The first-order valence-corrected chi connectivity index (χ1v) is 10.7. The molecular formula is C24H17BrO3S. The van der Waals surface area contributed by atoms with Gasteiger partial charge in [-0.2, -0.15) is 0 Å². The van der Waals surface area contributed by atoms with E-state index in [1.54, 1.807) is 23.5 Å². The molecule has 0 aliphatic carbocycles. The maximum absolute atomic E-state index is 11.1. The van der Waals surface area contributed by atoms with Crippen molar-refractivity contribution >= 4 is 33.2 Å². The Hall–Kier alpha value is -2.89. The number of thiophene rings is 1. The van der Waals surface area contributed by atoms with Crippen molar-refractivity contribution in [3.05, 3.63) is 99.8 Å². The van der Waals surface area contributed by atoms with E-state index in [4.69, 9.17) is 9.84 Å². The number of rotatable bonds is 6. The lowest BCUT2D eigenvalue weighted by Crippen LogP contribution is -1.97. The quantitative estimate of drug-likeness (QED) is 0.330. The van der Waals surface area contributed by atoms with Crippen LogP contribution in [0.2, 0.25) is 0 Å². The van der Waals surface area contributed by atoms with Gasteiger partial charge in [0, 0.05) is 20.5 Å².